The van der Waals surface area contributed by atoms with E-state index in [-0.39, 0.29) is 18.5 Å². The average molecular weight is 372 g/mol. The van der Waals surface area contributed by atoms with E-state index in [2.05, 4.69) is 5.10 Å². The van der Waals surface area contributed by atoms with Crippen molar-refractivity contribution in [2.45, 2.75) is 51.7 Å². The highest BCUT2D eigenvalue weighted by Gasteiger charge is 2.28. The molecular weight excluding hydrogens is 344 g/mol. The summed E-state index contributed by atoms with van der Waals surface area (Å²) < 4.78 is 12.4. The van der Waals surface area contributed by atoms with Crippen LogP contribution in [0.3, 0.4) is 0 Å². The van der Waals surface area contributed by atoms with Gasteiger partial charge in [-0.25, -0.2) is 4.68 Å². The smallest absolute Gasteiger partial charge is 0.244 e. The fraction of sp³-hybridized carbons (Fsp3) is 0.500. The molecule has 0 spiro atoms. The summed E-state index contributed by atoms with van der Waals surface area (Å²) in [5.74, 6) is 2.02. The predicted molar refractivity (Wildman–Crippen MR) is 104 cm³/mol. The summed E-state index contributed by atoms with van der Waals surface area (Å²) in [5.41, 5.74) is 7.71. The van der Waals surface area contributed by atoms with Gasteiger partial charge in [-0.2, -0.15) is 5.10 Å². The first kappa shape index (κ1) is 19.1. The van der Waals surface area contributed by atoms with E-state index in [1.165, 1.54) is 0 Å². The molecular formula is C20H28N4O3. The number of ether oxygens (including phenoxy) is 2. The number of carbonyl (C=O) groups is 1. The number of nitrogens with two attached hydrogens (primary N) is 1. The second-order valence-corrected chi connectivity index (χ2v) is 7.01. The van der Waals surface area contributed by atoms with Crippen LogP contribution < -0.4 is 15.2 Å². The van der Waals surface area contributed by atoms with Crippen LogP contribution in [-0.4, -0.2) is 40.8 Å². The van der Waals surface area contributed by atoms with Crippen LogP contribution in [0.5, 0.6) is 11.5 Å². The molecule has 27 heavy (non-hydrogen) atoms. The lowest BCUT2D eigenvalue weighted by Crippen LogP contribution is -2.40. The number of methoxy groups -OCH3 is 2. The maximum atomic E-state index is 13.2. The standard InChI is InChI=1S/C20H28N4O3/c1-14-10-19(21)24(22-14)13-20(25)23(16-6-4-5-7-16)12-15-11-17(26-2)8-9-18(15)27-3/h8-11,16H,4-7,12-13,21H2,1-3H3. The number of hydrogen-bond acceptors (Lipinski definition) is 5. The van der Waals surface area contributed by atoms with Gasteiger partial charge in [0.05, 0.1) is 19.9 Å². The number of hydrogen-bond donors (Lipinski definition) is 1. The zero-order valence-electron chi connectivity index (χ0n) is 16.3. The maximum absolute atomic E-state index is 13.2. The highest BCUT2D eigenvalue weighted by molar-refractivity contribution is 5.77. The molecule has 3 rings (SSSR count). The van der Waals surface area contributed by atoms with Crippen molar-refractivity contribution in [3.8, 4) is 11.5 Å². The van der Waals surface area contributed by atoms with E-state index < -0.39 is 0 Å². The summed E-state index contributed by atoms with van der Waals surface area (Å²) in [5, 5.41) is 4.33. The van der Waals surface area contributed by atoms with E-state index in [1.54, 1.807) is 25.0 Å². The summed E-state index contributed by atoms with van der Waals surface area (Å²) in [6.07, 6.45) is 4.33. The lowest BCUT2D eigenvalue weighted by molar-refractivity contribution is -0.135. The minimum absolute atomic E-state index is 0.0153. The van der Waals surface area contributed by atoms with Crippen molar-refractivity contribution in [3.63, 3.8) is 0 Å². The molecule has 1 aromatic carbocycles. The van der Waals surface area contributed by atoms with E-state index in [0.29, 0.717) is 12.4 Å². The van der Waals surface area contributed by atoms with Gasteiger partial charge >= 0.3 is 0 Å². The van der Waals surface area contributed by atoms with Crippen LogP contribution in [0.2, 0.25) is 0 Å². The predicted octanol–water partition coefficient (Wildman–Crippen LogP) is 2.76. The van der Waals surface area contributed by atoms with Crippen molar-refractivity contribution in [2.75, 3.05) is 20.0 Å². The highest BCUT2D eigenvalue weighted by atomic mass is 16.5. The third kappa shape index (κ3) is 4.35. The first-order valence-electron chi connectivity index (χ1n) is 9.32. The van der Waals surface area contributed by atoms with Gasteiger partial charge in [0.2, 0.25) is 5.91 Å². The molecule has 2 aromatic rings. The fourth-order valence-corrected chi connectivity index (χ4v) is 3.74. The molecule has 1 aromatic heterocycles. The van der Waals surface area contributed by atoms with Gasteiger partial charge in [-0.05, 0) is 38.0 Å². The molecule has 1 fully saturated rings. The van der Waals surface area contributed by atoms with Gasteiger partial charge in [0.1, 0.15) is 23.9 Å². The van der Waals surface area contributed by atoms with Crippen LogP contribution in [0.4, 0.5) is 5.82 Å². The summed E-state index contributed by atoms with van der Waals surface area (Å²) >= 11 is 0. The number of nitrogen functional groups attached to an aromatic ring is 1. The second-order valence-electron chi connectivity index (χ2n) is 7.01. The zero-order chi connectivity index (χ0) is 19.4. The Balaban J connectivity index is 1.85. The Bertz CT molecular complexity index is 797. The van der Waals surface area contributed by atoms with Crippen molar-refractivity contribution in [1.29, 1.82) is 0 Å². The van der Waals surface area contributed by atoms with E-state index in [1.807, 2.05) is 30.0 Å². The summed E-state index contributed by atoms with van der Waals surface area (Å²) in [6.45, 7) is 2.49. The molecule has 0 radical (unpaired) electrons. The average Bonchev–Trinajstić information content (AvgIpc) is 3.29. The number of benzene rings is 1. The number of anilines is 1. The monoisotopic (exact) mass is 372 g/mol. The van der Waals surface area contributed by atoms with Crippen LogP contribution in [0.1, 0.15) is 36.9 Å². The van der Waals surface area contributed by atoms with Crippen LogP contribution in [-0.2, 0) is 17.9 Å². The van der Waals surface area contributed by atoms with Gasteiger partial charge in [-0.1, -0.05) is 12.8 Å². The molecule has 0 saturated heterocycles. The fourth-order valence-electron chi connectivity index (χ4n) is 3.74. The Labute approximate surface area is 160 Å². The molecule has 1 heterocycles. The van der Waals surface area contributed by atoms with Gasteiger partial charge in [0.15, 0.2) is 0 Å². The van der Waals surface area contributed by atoms with Gasteiger partial charge in [0.25, 0.3) is 0 Å². The molecule has 1 aliphatic rings. The molecule has 0 aliphatic heterocycles. The Hall–Kier alpha value is -2.70. The zero-order valence-corrected chi connectivity index (χ0v) is 16.3. The first-order chi connectivity index (χ1) is 13.0. The summed E-state index contributed by atoms with van der Waals surface area (Å²) in [6, 6.07) is 7.67. The molecule has 2 N–H and O–H groups in total. The number of rotatable bonds is 7. The minimum atomic E-state index is 0.0153. The van der Waals surface area contributed by atoms with E-state index in [9.17, 15) is 4.79 Å². The third-order valence-electron chi connectivity index (χ3n) is 5.13. The lowest BCUT2D eigenvalue weighted by Gasteiger charge is -2.30. The van der Waals surface area contributed by atoms with Gasteiger partial charge < -0.3 is 20.1 Å². The third-order valence-corrected chi connectivity index (χ3v) is 5.13. The largest absolute Gasteiger partial charge is 0.497 e. The van der Waals surface area contributed by atoms with Crippen molar-refractivity contribution in [1.82, 2.24) is 14.7 Å². The van der Waals surface area contributed by atoms with E-state index in [0.717, 1.165) is 48.4 Å². The van der Waals surface area contributed by atoms with Crippen LogP contribution in [0.25, 0.3) is 0 Å². The summed E-state index contributed by atoms with van der Waals surface area (Å²) in [7, 11) is 3.27. The molecule has 7 nitrogen and oxygen atoms in total. The minimum Gasteiger partial charge on any atom is -0.497 e. The van der Waals surface area contributed by atoms with Gasteiger partial charge in [0, 0.05) is 24.2 Å². The number of aryl methyl sites for hydroxylation is 1. The van der Waals surface area contributed by atoms with Gasteiger partial charge in [-0.15, -0.1) is 0 Å². The Morgan fingerprint density at radius 3 is 2.59 bits per heavy atom. The molecule has 1 saturated carbocycles. The first-order valence-corrected chi connectivity index (χ1v) is 9.32. The quantitative estimate of drug-likeness (QED) is 0.808. The Morgan fingerprint density at radius 2 is 2.00 bits per heavy atom. The van der Waals surface area contributed by atoms with Crippen molar-refractivity contribution < 1.29 is 14.3 Å². The molecule has 1 amide bonds. The number of carbonyl (C=O) groups excluding carboxylic acids is 1. The molecule has 0 bridgehead atoms. The topological polar surface area (TPSA) is 82.6 Å². The molecule has 7 heteroatoms. The number of amides is 1. The van der Waals surface area contributed by atoms with Crippen LogP contribution in [0, 0.1) is 6.92 Å². The lowest BCUT2D eigenvalue weighted by atomic mass is 10.1. The Kier molecular flexibility index (Phi) is 5.88. The summed E-state index contributed by atoms with van der Waals surface area (Å²) in [4.78, 5) is 15.1. The molecule has 0 atom stereocenters. The van der Waals surface area contributed by atoms with Crippen LogP contribution in [0.15, 0.2) is 24.3 Å². The van der Waals surface area contributed by atoms with E-state index in [4.69, 9.17) is 15.2 Å². The van der Waals surface area contributed by atoms with Crippen molar-refractivity contribution in [2.24, 2.45) is 0 Å². The SMILES string of the molecule is COc1ccc(OC)c(CN(C(=O)Cn2nc(C)cc2N)C2CCCC2)c1. The molecule has 0 unspecified atom stereocenters. The van der Waals surface area contributed by atoms with Crippen molar-refractivity contribution >= 4 is 11.7 Å². The molecule has 1 aliphatic carbocycles. The number of nitrogens with zero attached hydrogens (tertiary/aromatic N) is 3. The normalized spacial score (nSPS) is 14.3. The number of aromatic nitrogens is 2. The van der Waals surface area contributed by atoms with Crippen molar-refractivity contribution in [3.05, 3.63) is 35.5 Å². The molecule has 146 valence electrons. The van der Waals surface area contributed by atoms with Crippen LogP contribution >= 0.6 is 0 Å². The van der Waals surface area contributed by atoms with E-state index >= 15 is 0 Å². The van der Waals surface area contributed by atoms with Gasteiger partial charge in [-0.3, -0.25) is 4.79 Å². The second kappa shape index (κ2) is 8.33. The Morgan fingerprint density at radius 1 is 1.26 bits per heavy atom. The highest BCUT2D eigenvalue weighted by Crippen LogP contribution is 2.30. The maximum Gasteiger partial charge on any atom is 0.244 e.